The van der Waals surface area contributed by atoms with Gasteiger partial charge in [-0.15, -0.1) is 0 Å². The lowest BCUT2D eigenvalue weighted by Crippen LogP contribution is -2.25. The Morgan fingerprint density at radius 3 is 2.11 bits per heavy atom. The van der Waals surface area contributed by atoms with Gasteiger partial charge in [-0.1, -0.05) is 107 Å². The van der Waals surface area contributed by atoms with E-state index in [1.165, 1.54) is 69.8 Å². The quantitative estimate of drug-likeness (QED) is 0.185. The van der Waals surface area contributed by atoms with E-state index < -0.39 is 0 Å². The number of amides is 1. The lowest BCUT2D eigenvalue weighted by Gasteiger charge is -2.03. The standard InChI is InChI=1S/C26H41NO/c1-24(2)23-27-26(28)22-18-13-11-9-7-5-3-4-6-8-10-12-15-19-25-20-16-14-17-21-25/h11,13-14,16-18,20-22,24H,3-10,12,15,19,23H2,1-2H3,(H,27,28). The molecule has 0 aromatic heterocycles. The van der Waals surface area contributed by atoms with Crippen LogP contribution in [-0.4, -0.2) is 12.5 Å². The molecule has 0 unspecified atom stereocenters. The van der Waals surface area contributed by atoms with Crippen LogP contribution in [0.3, 0.4) is 0 Å². The first-order valence-corrected chi connectivity index (χ1v) is 11.3. The molecule has 0 heterocycles. The molecule has 0 bridgehead atoms. The zero-order chi connectivity index (χ0) is 20.3. The van der Waals surface area contributed by atoms with Crippen LogP contribution in [0.15, 0.2) is 54.6 Å². The van der Waals surface area contributed by atoms with E-state index in [0.717, 1.165) is 13.0 Å². The molecule has 0 saturated heterocycles. The Morgan fingerprint density at radius 2 is 1.46 bits per heavy atom. The van der Waals surface area contributed by atoms with E-state index in [2.05, 4.69) is 55.6 Å². The van der Waals surface area contributed by atoms with Crippen molar-refractivity contribution in [1.29, 1.82) is 0 Å². The highest BCUT2D eigenvalue weighted by atomic mass is 16.1. The number of unbranched alkanes of at least 4 members (excludes halogenated alkanes) is 9. The second-order valence-electron chi connectivity index (χ2n) is 8.13. The van der Waals surface area contributed by atoms with Crippen molar-refractivity contribution in [2.24, 2.45) is 5.92 Å². The van der Waals surface area contributed by atoms with Gasteiger partial charge in [-0.2, -0.15) is 0 Å². The predicted molar refractivity (Wildman–Crippen MR) is 122 cm³/mol. The topological polar surface area (TPSA) is 29.1 Å². The van der Waals surface area contributed by atoms with Crippen molar-refractivity contribution in [3.63, 3.8) is 0 Å². The molecular weight excluding hydrogens is 342 g/mol. The average Bonchev–Trinajstić information content (AvgIpc) is 2.70. The third-order valence-corrected chi connectivity index (χ3v) is 4.86. The molecule has 28 heavy (non-hydrogen) atoms. The number of benzene rings is 1. The van der Waals surface area contributed by atoms with Crippen LogP contribution in [0.5, 0.6) is 0 Å². The van der Waals surface area contributed by atoms with Crippen LogP contribution in [0.4, 0.5) is 0 Å². The van der Waals surface area contributed by atoms with E-state index in [-0.39, 0.29) is 5.91 Å². The van der Waals surface area contributed by atoms with E-state index in [0.29, 0.717) is 5.92 Å². The molecular formula is C26H41NO. The van der Waals surface area contributed by atoms with Gasteiger partial charge in [0.15, 0.2) is 0 Å². The highest BCUT2D eigenvalue weighted by molar-refractivity contribution is 5.87. The molecule has 1 aromatic carbocycles. The number of hydrogen-bond acceptors (Lipinski definition) is 1. The summed E-state index contributed by atoms with van der Waals surface area (Å²) >= 11 is 0. The van der Waals surface area contributed by atoms with Crippen LogP contribution in [0, 0.1) is 5.92 Å². The molecule has 0 fully saturated rings. The van der Waals surface area contributed by atoms with Crippen molar-refractivity contribution in [2.75, 3.05) is 6.54 Å². The Bertz CT molecular complexity index is 545. The Kier molecular flexibility index (Phi) is 14.9. The first-order valence-electron chi connectivity index (χ1n) is 11.3. The molecule has 0 spiro atoms. The van der Waals surface area contributed by atoms with Crippen LogP contribution < -0.4 is 5.32 Å². The van der Waals surface area contributed by atoms with Crippen molar-refractivity contribution in [2.45, 2.75) is 84.5 Å². The third kappa shape index (κ3) is 15.2. The normalized spacial score (nSPS) is 11.7. The first-order chi connectivity index (χ1) is 13.7. The SMILES string of the molecule is CC(C)CNC(=O)C=CC=CCCCCCCCCCCCc1ccccc1. The molecule has 0 aliphatic rings. The van der Waals surface area contributed by atoms with Crippen LogP contribution in [0.1, 0.15) is 83.6 Å². The number of hydrogen-bond donors (Lipinski definition) is 1. The van der Waals surface area contributed by atoms with Gasteiger partial charge in [-0.3, -0.25) is 4.79 Å². The van der Waals surface area contributed by atoms with Crippen LogP contribution in [-0.2, 0) is 11.2 Å². The molecule has 2 nitrogen and oxygen atoms in total. The number of carbonyl (C=O) groups excluding carboxylic acids is 1. The van der Waals surface area contributed by atoms with Gasteiger partial charge in [0.05, 0.1) is 0 Å². The zero-order valence-electron chi connectivity index (χ0n) is 18.2. The molecule has 0 atom stereocenters. The molecule has 0 aliphatic carbocycles. The maximum atomic E-state index is 11.5. The van der Waals surface area contributed by atoms with E-state index in [4.69, 9.17) is 0 Å². The Hall–Kier alpha value is -1.83. The molecule has 2 heteroatoms. The van der Waals surface area contributed by atoms with Crippen LogP contribution >= 0.6 is 0 Å². The van der Waals surface area contributed by atoms with E-state index >= 15 is 0 Å². The molecule has 1 N–H and O–H groups in total. The summed E-state index contributed by atoms with van der Waals surface area (Å²) in [5.41, 5.74) is 1.47. The fraction of sp³-hybridized carbons (Fsp3) is 0.577. The summed E-state index contributed by atoms with van der Waals surface area (Å²) in [6.45, 7) is 4.93. The second-order valence-corrected chi connectivity index (χ2v) is 8.13. The molecule has 0 saturated carbocycles. The largest absolute Gasteiger partial charge is 0.352 e. The van der Waals surface area contributed by atoms with Gasteiger partial charge in [0.25, 0.3) is 0 Å². The number of nitrogens with one attached hydrogen (secondary N) is 1. The summed E-state index contributed by atoms with van der Waals surface area (Å²) in [7, 11) is 0. The molecule has 0 radical (unpaired) electrons. The molecule has 1 amide bonds. The smallest absolute Gasteiger partial charge is 0.243 e. The third-order valence-electron chi connectivity index (χ3n) is 4.86. The summed E-state index contributed by atoms with van der Waals surface area (Å²) in [6.07, 6.45) is 22.1. The molecule has 1 aromatic rings. The van der Waals surface area contributed by atoms with E-state index in [9.17, 15) is 4.79 Å². The second kappa shape index (κ2) is 17.3. The van der Waals surface area contributed by atoms with Gasteiger partial charge >= 0.3 is 0 Å². The predicted octanol–water partition coefficient (Wildman–Crippen LogP) is 7.01. The number of aryl methyl sites for hydroxylation is 1. The summed E-state index contributed by atoms with van der Waals surface area (Å²) in [4.78, 5) is 11.5. The Balaban J connectivity index is 1.83. The monoisotopic (exact) mass is 383 g/mol. The highest BCUT2D eigenvalue weighted by Gasteiger charge is 1.96. The maximum absolute atomic E-state index is 11.5. The Labute approximate surface area is 173 Å². The lowest BCUT2D eigenvalue weighted by molar-refractivity contribution is -0.116. The number of carbonyl (C=O) groups is 1. The highest BCUT2D eigenvalue weighted by Crippen LogP contribution is 2.12. The van der Waals surface area contributed by atoms with Crippen molar-refractivity contribution in [3.05, 3.63) is 60.2 Å². The zero-order valence-corrected chi connectivity index (χ0v) is 18.2. The lowest BCUT2D eigenvalue weighted by atomic mass is 10.0. The van der Waals surface area contributed by atoms with Gasteiger partial charge in [-0.05, 0) is 37.2 Å². The minimum atomic E-state index is -0.00147. The average molecular weight is 384 g/mol. The van der Waals surface area contributed by atoms with Gasteiger partial charge in [-0.25, -0.2) is 0 Å². The minimum Gasteiger partial charge on any atom is -0.352 e. The van der Waals surface area contributed by atoms with E-state index in [1.807, 2.05) is 12.2 Å². The van der Waals surface area contributed by atoms with Crippen LogP contribution in [0.25, 0.3) is 0 Å². The van der Waals surface area contributed by atoms with Gasteiger partial charge in [0.1, 0.15) is 0 Å². The van der Waals surface area contributed by atoms with Crippen molar-refractivity contribution < 1.29 is 4.79 Å². The summed E-state index contributed by atoms with van der Waals surface area (Å²) in [5.74, 6) is 0.492. The summed E-state index contributed by atoms with van der Waals surface area (Å²) < 4.78 is 0. The Morgan fingerprint density at radius 1 is 0.857 bits per heavy atom. The van der Waals surface area contributed by atoms with Crippen molar-refractivity contribution in [3.8, 4) is 0 Å². The van der Waals surface area contributed by atoms with Gasteiger partial charge in [0, 0.05) is 12.6 Å². The van der Waals surface area contributed by atoms with E-state index in [1.54, 1.807) is 6.08 Å². The molecule has 0 aliphatic heterocycles. The number of rotatable bonds is 16. The number of allylic oxidation sites excluding steroid dienone is 3. The minimum absolute atomic E-state index is 0.00147. The summed E-state index contributed by atoms with van der Waals surface area (Å²) in [5, 5.41) is 2.88. The van der Waals surface area contributed by atoms with Crippen molar-refractivity contribution >= 4 is 5.91 Å². The van der Waals surface area contributed by atoms with Gasteiger partial charge < -0.3 is 5.32 Å². The molecule has 156 valence electrons. The van der Waals surface area contributed by atoms with Crippen LogP contribution in [0.2, 0.25) is 0 Å². The maximum Gasteiger partial charge on any atom is 0.243 e. The fourth-order valence-electron chi connectivity index (χ4n) is 3.15. The first kappa shape index (κ1) is 24.2. The fourth-order valence-corrected chi connectivity index (χ4v) is 3.15. The molecule has 1 rings (SSSR count). The van der Waals surface area contributed by atoms with Crippen molar-refractivity contribution in [1.82, 2.24) is 5.32 Å². The van der Waals surface area contributed by atoms with Gasteiger partial charge in [0.2, 0.25) is 5.91 Å². The summed E-state index contributed by atoms with van der Waals surface area (Å²) in [6, 6.07) is 10.8.